The summed E-state index contributed by atoms with van der Waals surface area (Å²) in [5.41, 5.74) is 0. The molecule has 2 fully saturated rings. The van der Waals surface area contributed by atoms with Crippen molar-refractivity contribution < 1.29 is 18.0 Å². The van der Waals surface area contributed by atoms with Gasteiger partial charge >= 0.3 is 6.18 Å². The molecule has 0 radical (unpaired) electrons. The first-order chi connectivity index (χ1) is 11.9. The summed E-state index contributed by atoms with van der Waals surface area (Å²) >= 11 is 0. The number of nitrogens with zero attached hydrogens (tertiary/aromatic N) is 3. The number of unbranched alkanes of at least 4 members (excludes halogenated alkanes) is 1. The lowest BCUT2D eigenvalue weighted by Crippen LogP contribution is -2.54. The quantitative estimate of drug-likeness (QED) is 0.405. The summed E-state index contributed by atoms with van der Waals surface area (Å²) in [5, 5.41) is 6.11. The Morgan fingerprint density at radius 1 is 1.16 bits per heavy atom. The molecule has 0 aromatic carbocycles. The molecule has 1 saturated carbocycles. The first-order valence-corrected chi connectivity index (χ1v) is 8.91. The van der Waals surface area contributed by atoms with Crippen LogP contribution in [0, 0.1) is 0 Å². The lowest BCUT2D eigenvalue weighted by atomic mass is 10.2. The normalized spacial score (nSPS) is 19.8. The van der Waals surface area contributed by atoms with Crippen molar-refractivity contribution in [3.8, 4) is 0 Å². The summed E-state index contributed by atoms with van der Waals surface area (Å²) in [6.07, 6.45) is -2.06. The Kier molecular flexibility index (Phi) is 7.34. The lowest BCUT2D eigenvalue weighted by Gasteiger charge is -2.36. The van der Waals surface area contributed by atoms with E-state index in [4.69, 9.17) is 0 Å². The van der Waals surface area contributed by atoms with E-state index in [9.17, 15) is 18.0 Å². The summed E-state index contributed by atoms with van der Waals surface area (Å²) in [6, 6.07) is 0.383. The van der Waals surface area contributed by atoms with Crippen LogP contribution in [0.5, 0.6) is 0 Å². The van der Waals surface area contributed by atoms with Gasteiger partial charge in [0.2, 0.25) is 5.91 Å². The molecule has 0 unspecified atom stereocenters. The van der Waals surface area contributed by atoms with Crippen LogP contribution in [0.4, 0.5) is 13.2 Å². The van der Waals surface area contributed by atoms with Crippen LogP contribution in [0.1, 0.15) is 32.1 Å². The van der Waals surface area contributed by atoms with Crippen LogP contribution >= 0.6 is 0 Å². The Labute approximate surface area is 146 Å². The molecule has 1 aliphatic carbocycles. The van der Waals surface area contributed by atoms with E-state index in [0.717, 1.165) is 39.0 Å². The first kappa shape index (κ1) is 19.8. The standard InChI is InChI=1S/C16H28F3N5O/c1-20-15(21-7-3-2-6-16(17,18)19)24-10-8-23(9-11-24)12-14(25)22-13-4-5-13/h13H,2-12H2,1H3,(H,20,21)(H,22,25). The third-order valence-electron chi connectivity index (χ3n) is 4.36. The van der Waals surface area contributed by atoms with E-state index in [1.807, 2.05) is 0 Å². The number of aliphatic imine (C=N–C) groups is 1. The fourth-order valence-corrected chi connectivity index (χ4v) is 2.80. The predicted molar refractivity (Wildman–Crippen MR) is 90.4 cm³/mol. The zero-order valence-corrected chi connectivity index (χ0v) is 14.7. The summed E-state index contributed by atoms with van der Waals surface area (Å²) in [4.78, 5) is 20.2. The van der Waals surface area contributed by atoms with Crippen LogP contribution < -0.4 is 10.6 Å². The minimum atomic E-state index is -4.08. The zero-order chi connectivity index (χ0) is 18.3. The number of amides is 1. The molecule has 1 heterocycles. The van der Waals surface area contributed by atoms with E-state index < -0.39 is 12.6 Å². The monoisotopic (exact) mass is 363 g/mol. The second-order valence-electron chi connectivity index (χ2n) is 6.65. The number of alkyl halides is 3. The van der Waals surface area contributed by atoms with E-state index in [1.54, 1.807) is 7.05 Å². The number of piperazine rings is 1. The Balaban J connectivity index is 1.61. The minimum Gasteiger partial charge on any atom is -0.356 e. The molecule has 1 amide bonds. The maximum atomic E-state index is 12.1. The second-order valence-corrected chi connectivity index (χ2v) is 6.65. The predicted octanol–water partition coefficient (Wildman–Crippen LogP) is 1.19. The Morgan fingerprint density at radius 2 is 1.84 bits per heavy atom. The van der Waals surface area contributed by atoms with Gasteiger partial charge in [0.15, 0.2) is 5.96 Å². The van der Waals surface area contributed by atoms with E-state index >= 15 is 0 Å². The van der Waals surface area contributed by atoms with Crippen molar-refractivity contribution in [3.05, 3.63) is 0 Å². The second kappa shape index (κ2) is 9.26. The Bertz CT molecular complexity index is 457. The molecule has 0 atom stereocenters. The first-order valence-electron chi connectivity index (χ1n) is 8.91. The third kappa shape index (κ3) is 7.94. The molecule has 144 valence electrons. The molecule has 0 bridgehead atoms. The van der Waals surface area contributed by atoms with Gasteiger partial charge in [0.1, 0.15) is 0 Å². The minimum absolute atomic E-state index is 0.0862. The highest BCUT2D eigenvalue weighted by atomic mass is 19.4. The van der Waals surface area contributed by atoms with Gasteiger partial charge in [-0.25, -0.2) is 0 Å². The van der Waals surface area contributed by atoms with Crippen LogP contribution in [-0.4, -0.2) is 80.2 Å². The molecule has 2 N–H and O–H groups in total. The molecular formula is C16H28F3N5O. The molecule has 25 heavy (non-hydrogen) atoms. The molecule has 0 aromatic rings. The van der Waals surface area contributed by atoms with E-state index in [2.05, 4.69) is 25.4 Å². The van der Waals surface area contributed by atoms with Crippen LogP contribution in [-0.2, 0) is 4.79 Å². The average molecular weight is 363 g/mol. The smallest absolute Gasteiger partial charge is 0.356 e. The summed E-state index contributed by atoms with van der Waals surface area (Å²) < 4.78 is 36.3. The number of guanidine groups is 1. The van der Waals surface area contributed by atoms with Crippen molar-refractivity contribution in [2.45, 2.75) is 44.3 Å². The topological polar surface area (TPSA) is 60.0 Å². The van der Waals surface area contributed by atoms with Crippen LogP contribution in [0.2, 0.25) is 0 Å². The van der Waals surface area contributed by atoms with Crippen LogP contribution in [0.3, 0.4) is 0 Å². The van der Waals surface area contributed by atoms with Crippen molar-refractivity contribution in [1.29, 1.82) is 0 Å². The largest absolute Gasteiger partial charge is 0.389 e. The molecule has 0 aromatic heterocycles. The van der Waals surface area contributed by atoms with Gasteiger partial charge in [0, 0.05) is 52.2 Å². The van der Waals surface area contributed by atoms with Crippen molar-refractivity contribution in [3.63, 3.8) is 0 Å². The fourth-order valence-electron chi connectivity index (χ4n) is 2.80. The number of carbonyl (C=O) groups excluding carboxylic acids is 1. The molecule has 6 nitrogen and oxygen atoms in total. The molecule has 1 aliphatic heterocycles. The van der Waals surface area contributed by atoms with Gasteiger partial charge in [0.25, 0.3) is 0 Å². The lowest BCUT2D eigenvalue weighted by molar-refractivity contribution is -0.135. The van der Waals surface area contributed by atoms with Crippen LogP contribution in [0.15, 0.2) is 4.99 Å². The third-order valence-corrected chi connectivity index (χ3v) is 4.36. The highest BCUT2D eigenvalue weighted by molar-refractivity contribution is 5.80. The van der Waals surface area contributed by atoms with Gasteiger partial charge in [-0.1, -0.05) is 0 Å². The van der Waals surface area contributed by atoms with Gasteiger partial charge in [0.05, 0.1) is 6.54 Å². The van der Waals surface area contributed by atoms with Gasteiger partial charge in [-0.3, -0.25) is 14.7 Å². The van der Waals surface area contributed by atoms with Gasteiger partial charge < -0.3 is 15.5 Å². The zero-order valence-electron chi connectivity index (χ0n) is 14.7. The average Bonchev–Trinajstić information content (AvgIpc) is 3.34. The highest BCUT2D eigenvalue weighted by Gasteiger charge is 2.27. The Hall–Kier alpha value is -1.51. The van der Waals surface area contributed by atoms with Gasteiger partial charge in [-0.2, -0.15) is 13.2 Å². The van der Waals surface area contributed by atoms with Crippen molar-refractivity contribution >= 4 is 11.9 Å². The van der Waals surface area contributed by atoms with E-state index in [0.29, 0.717) is 31.5 Å². The number of hydrogen-bond donors (Lipinski definition) is 2. The molecule has 9 heteroatoms. The number of hydrogen-bond acceptors (Lipinski definition) is 3. The maximum Gasteiger partial charge on any atom is 0.389 e. The van der Waals surface area contributed by atoms with Gasteiger partial charge in [-0.05, 0) is 25.7 Å². The molecule has 1 saturated heterocycles. The highest BCUT2D eigenvalue weighted by Crippen LogP contribution is 2.21. The van der Waals surface area contributed by atoms with E-state index in [-0.39, 0.29) is 12.3 Å². The summed E-state index contributed by atoms with van der Waals surface area (Å²) in [5.74, 6) is 0.803. The van der Waals surface area contributed by atoms with Crippen molar-refractivity contribution in [1.82, 2.24) is 20.4 Å². The van der Waals surface area contributed by atoms with Crippen molar-refractivity contribution in [2.75, 3.05) is 46.3 Å². The van der Waals surface area contributed by atoms with Crippen molar-refractivity contribution in [2.24, 2.45) is 4.99 Å². The number of rotatable bonds is 7. The van der Waals surface area contributed by atoms with Gasteiger partial charge in [-0.15, -0.1) is 0 Å². The molecule has 0 spiro atoms. The summed E-state index contributed by atoms with van der Waals surface area (Å²) in [6.45, 7) is 3.94. The SMILES string of the molecule is CN=C(NCCCCC(F)(F)F)N1CCN(CC(=O)NC2CC2)CC1. The molecular weight excluding hydrogens is 335 g/mol. The van der Waals surface area contributed by atoms with Crippen LogP contribution in [0.25, 0.3) is 0 Å². The summed E-state index contributed by atoms with van der Waals surface area (Å²) in [7, 11) is 1.67. The maximum absolute atomic E-state index is 12.1. The number of carbonyl (C=O) groups is 1. The molecule has 2 rings (SSSR count). The number of halogens is 3. The number of nitrogens with one attached hydrogen (secondary N) is 2. The fraction of sp³-hybridized carbons (Fsp3) is 0.875. The Morgan fingerprint density at radius 3 is 2.40 bits per heavy atom. The van der Waals surface area contributed by atoms with E-state index in [1.165, 1.54) is 0 Å². The molecule has 2 aliphatic rings.